The van der Waals surface area contributed by atoms with E-state index in [1.165, 1.54) is 0 Å². The highest BCUT2D eigenvalue weighted by Crippen LogP contribution is 2.15. The molecule has 0 aliphatic rings. The highest BCUT2D eigenvalue weighted by Gasteiger charge is 2.16. The van der Waals surface area contributed by atoms with E-state index in [2.05, 4.69) is 9.83 Å². The van der Waals surface area contributed by atoms with Gasteiger partial charge in [0.05, 0.1) is 6.42 Å². The van der Waals surface area contributed by atoms with Crippen molar-refractivity contribution in [2.24, 2.45) is 0 Å². The zero-order valence-corrected chi connectivity index (χ0v) is 11.3. The number of rotatable bonds is 3. The Bertz CT molecular complexity index is 482. The van der Waals surface area contributed by atoms with Gasteiger partial charge in [0.15, 0.2) is 0 Å². The van der Waals surface area contributed by atoms with Gasteiger partial charge in [0.1, 0.15) is 11.3 Å². The molecule has 1 rings (SSSR count). The van der Waals surface area contributed by atoms with Crippen LogP contribution in [0.2, 0.25) is 0 Å². The van der Waals surface area contributed by atoms with E-state index in [1.54, 1.807) is 6.07 Å². The molecule has 0 N–H and O–H groups in total. The van der Waals surface area contributed by atoms with Gasteiger partial charge in [-0.1, -0.05) is 12.1 Å². The van der Waals surface area contributed by atoms with Crippen LogP contribution < -0.4 is 0 Å². The first kappa shape index (κ1) is 14.2. The lowest BCUT2D eigenvalue weighted by molar-refractivity contribution is -0.154. The van der Waals surface area contributed by atoms with Gasteiger partial charge in [0.25, 0.3) is 5.82 Å². The summed E-state index contributed by atoms with van der Waals surface area (Å²) in [4.78, 5) is 19.0. The van der Waals surface area contributed by atoms with Gasteiger partial charge in [-0.2, -0.15) is 0 Å². The fraction of sp³-hybridized carbons (Fsp3) is 0.500. The van der Waals surface area contributed by atoms with Crippen LogP contribution in [0, 0.1) is 13.5 Å². The van der Waals surface area contributed by atoms with Crippen LogP contribution >= 0.6 is 0 Å². The molecule has 1 aromatic rings. The van der Waals surface area contributed by atoms with Gasteiger partial charge in [0, 0.05) is 6.42 Å². The fourth-order valence-corrected chi connectivity index (χ4v) is 1.53. The number of nitrogens with zero attached hydrogens (tertiary/aromatic N) is 2. The zero-order valence-electron chi connectivity index (χ0n) is 11.3. The minimum Gasteiger partial charge on any atom is -0.460 e. The van der Waals surface area contributed by atoms with Crippen LogP contribution in [0.4, 0.5) is 5.82 Å². The Hall–Kier alpha value is -1.89. The normalized spacial score (nSPS) is 10.8. The highest BCUT2D eigenvalue weighted by molar-refractivity contribution is 5.70. The smallest absolute Gasteiger partial charge is 0.306 e. The van der Waals surface area contributed by atoms with Gasteiger partial charge in [-0.05, 0) is 39.8 Å². The summed E-state index contributed by atoms with van der Waals surface area (Å²) in [6, 6.07) is 3.61. The number of carbonyl (C=O) groups is 1. The summed E-state index contributed by atoms with van der Waals surface area (Å²) in [5.74, 6) is 0.129. The number of carbonyl (C=O) groups excluding carboxylic acids is 1. The molecule has 0 aliphatic heterocycles. The lowest BCUT2D eigenvalue weighted by Gasteiger charge is -2.19. The Kier molecular flexibility index (Phi) is 4.43. The SMILES string of the molecule is [C-]#[N+]c1cc(C)cc(CCC(=O)OC(C)(C)C)n1. The largest absolute Gasteiger partial charge is 0.460 e. The average Bonchev–Trinajstić information content (AvgIpc) is 2.23. The summed E-state index contributed by atoms with van der Waals surface area (Å²) < 4.78 is 5.22. The molecule has 0 saturated heterocycles. The van der Waals surface area contributed by atoms with E-state index in [0.717, 1.165) is 11.3 Å². The Morgan fingerprint density at radius 1 is 1.44 bits per heavy atom. The molecular formula is C14H18N2O2. The topological polar surface area (TPSA) is 43.5 Å². The van der Waals surface area contributed by atoms with E-state index < -0.39 is 5.60 Å². The van der Waals surface area contributed by atoms with Gasteiger partial charge in [0.2, 0.25) is 0 Å². The van der Waals surface area contributed by atoms with Crippen molar-refractivity contribution in [2.75, 3.05) is 0 Å². The fourth-order valence-electron chi connectivity index (χ4n) is 1.53. The summed E-state index contributed by atoms with van der Waals surface area (Å²) in [5.41, 5.74) is 1.28. The molecule has 0 spiro atoms. The molecule has 0 atom stereocenters. The average molecular weight is 246 g/mol. The third-order valence-corrected chi connectivity index (χ3v) is 2.13. The van der Waals surface area contributed by atoms with Crippen molar-refractivity contribution in [3.05, 3.63) is 34.8 Å². The van der Waals surface area contributed by atoms with Gasteiger partial charge >= 0.3 is 5.97 Å². The van der Waals surface area contributed by atoms with Gasteiger partial charge in [-0.3, -0.25) is 4.79 Å². The summed E-state index contributed by atoms with van der Waals surface area (Å²) in [6.07, 6.45) is 0.782. The van der Waals surface area contributed by atoms with E-state index in [1.807, 2.05) is 33.8 Å². The Balaban J connectivity index is 2.62. The van der Waals surface area contributed by atoms with E-state index in [9.17, 15) is 4.79 Å². The molecule has 4 heteroatoms. The number of pyridine rings is 1. The number of aromatic nitrogens is 1. The second kappa shape index (κ2) is 5.63. The number of ether oxygens (including phenoxy) is 1. The molecule has 0 aliphatic carbocycles. The van der Waals surface area contributed by atoms with Crippen molar-refractivity contribution in [2.45, 2.75) is 46.1 Å². The molecule has 18 heavy (non-hydrogen) atoms. The molecule has 96 valence electrons. The van der Waals surface area contributed by atoms with Crippen molar-refractivity contribution in [3.63, 3.8) is 0 Å². The Morgan fingerprint density at radius 2 is 2.11 bits per heavy atom. The highest BCUT2D eigenvalue weighted by atomic mass is 16.6. The maximum absolute atomic E-state index is 11.6. The summed E-state index contributed by atoms with van der Waals surface area (Å²) in [5, 5.41) is 0. The molecule has 0 aromatic carbocycles. The van der Waals surface area contributed by atoms with Crippen molar-refractivity contribution in [1.82, 2.24) is 4.98 Å². The van der Waals surface area contributed by atoms with Crippen molar-refractivity contribution in [1.29, 1.82) is 0 Å². The van der Waals surface area contributed by atoms with Gasteiger partial charge < -0.3 is 9.58 Å². The number of esters is 1. The van der Waals surface area contributed by atoms with Gasteiger partial charge in [-0.15, -0.1) is 4.98 Å². The predicted octanol–water partition coefficient (Wildman–Crippen LogP) is 3.22. The maximum atomic E-state index is 11.6. The molecule has 4 nitrogen and oxygen atoms in total. The van der Waals surface area contributed by atoms with Crippen LogP contribution in [0.25, 0.3) is 4.85 Å². The lowest BCUT2D eigenvalue weighted by Crippen LogP contribution is -2.24. The van der Waals surface area contributed by atoms with Crippen molar-refractivity contribution >= 4 is 11.8 Å². The monoisotopic (exact) mass is 246 g/mol. The molecule has 0 amide bonds. The predicted molar refractivity (Wildman–Crippen MR) is 69.4 cm³/mol. The third kappa shape index (κ3) is 4.96. The number of aryl methyl sites for hydroxylation is 2. The van der Waals surface area contributed by atoms with Crippen LogP contribution in [0.15, 0.2) is 12.1 Å². The van der Waals surface area contributed by atoms with E-state index in [4.69, 9.17) is 11.3 Å². The Morgan fingerprint density at radius 3 is 2.67 bits per heavy atom. The van der Waals surface area contributed by atoms with Crippen LogP contribution in [0.3, 0.4) is 0 Å². The summed E-state index contributed by atoms with van der Waals surface area (Å²) >= 11 is 0. The van der Waals surface area contributed by atoms with E-state index in [0.29, 0.717) is 12.2 Å². The lowest BCUT2D eigenvalue weighted by atomic mass is 10.1. The minimum atomic E-state index is -0.460. The standard InChI is InChI=1S/C14H18N2O2/c1-10-8-11(16-12(9-10)15-5)6-7-13(17)18-14(2,3)4/h8-9H,6-7H2,1-4H3. The molecule has 0 bridgehead atoms. The number of hydrogen-bond acceptors (Lipinski definition) is 3. The molecule has 0 radical (unpaired) electrons. The first-order valence-corrected chi connectivity index (χ1v) is 5.87. The molecular weight excluding hydrogens is 228 g/mol. The number of hydrogen-bond donors (Lipinski definition) is 0. The van der Waals surface area contributed by atoms with Crippen LogP contribution in [-0.2, 0) is 16.0 Å². The molecule has 1 aromatic heterocycles. The minimum absolute atomic E-state index is 0.241. The maximum Gasteiger partial charge on any atom is 0.306 e. The second-order valence-electron chi connectivity index (χ2n) is 5.19. The van der Waals surface area contributed by atoms with E-state index in [-0.39, 0.29) is 12.4 Å². The zero-order chi connectivity index (χ0) is 13.8. The van der Waals surface area contributed by atoms with Crippen LogP contribution in [-0.4, -0.2) is 16.6 Å². The third-order valence-electron chi connectivity index (χ3n) is 2.13. The summed E-state index contributed by atoms with van der Waals surface area (Å²) in [6.45, 7) is 14.4. The first-order valence-electron chi connectivity index (χ1n) is 5.87. The van der Waals surface area contributed by atoms with Crippen LogP contribution in [0.1, 0.15) is 38.4 Å². The van der Waals surface area contributed by atoms with Crippen molar-refractivity contribution < 1.29 is 9.53 Å². The van der Waals surface area contributed by atoms with Gasteiger partial charge in [-0.25, -0.2) is 0 Å². The second-order valence-corrected chi connectivity index (χ2v) is 5.19. The molecule has 1 heterocycles. The Labute approximate surface area is 108 Å². The summed E-state index contributed by atoms with van der Waals surface area (Å²) in [7, 11) is 0. The quantitative estimate of drug-likeness (QED) is 0.607. The first-order chi connectivity index (χ1) is 8.30. The van der Waals surface area contributed by atoms with Crippen molar-refractivity contribution in [3.8, 4) is 0 Å². The van der Waals surface area contributed by atoms with E-state index >= 15 is 0 Å². The molecule has 0 unspecified atom stereocenters. The molecule has 0 saturated carbocycles. The molecule has 0 fully saturated rings. The van der Waals surface area contributed by atoms with Crippen LogP contribution in [0.5, 0.6) is 0 Å².